The highest BCUT2D eigenvalue weighted by Gasteiger charge is 2.35. The number of nitrogens with two attached hydrogens (primary N) is 1. The molecule has 0 aliphatic carbocycles. The molecule has 3 amide bonds. The number of hydrogen-bond donors (Lipinski definition) is 1. The van der Waals surface area contributed by atoms with Gasteiger partial charge in [-0.3, -0.25) is 19.3 Å². The van der Waals surface area contributed by atoms with Crippen molar-refractivity contribution in [2.45, 2.75) is 6.54 Å². The number of hydrogen-bond acceptors (Lipinski definition) is 6. The number of rotatable bonds is 7. The van der Waals surface area contributed by atoms with Gasteiger partial charge in [0.15, 0.2) is 18.1 Å². The van der Waals surface area contributed by atoms with E-state index in [9.17, 15) is 14.4 Å². The molecule has 3 aromatic rings. The van der Waals surface area contributed by atoms with Crippen molar-refractivity contribution in [3.05, 3.63) is 76.7 Å². The van der Waals surface area contributed by atoms with Crippen molar-refractivity contribution >= 4 is 45.7 Å². The van der Waals surface area contributed by atoms with Gasteiger partial charge in [-0.25, -0.2) is 0 Å². The van der Waals surface area contributed by atoms with Gasteiger partial charge in [-0.2, -0.15) is 0 Å². The van der Waals surface area contributed by atoms with Gasteiger partial charge in [0.1, 0.15) is 0 Å². The van der Waals surface area contributed by atoms with Crippen molar-refractivity contribution in [3.63, 3.8) is 0 Å². The number of nitrogens with zero attached hydrogens (tertiary/aromatic N) is 1. The largest absolute Gasteiger partial charge is 0.493 e. The molecule has 0 atom stereocenters. The number of carbonyl (C=O) groups is 3. The zero-order valence-corrected chi connectivity index (χ0v) is 18.1. The van der Waals surface area contributed by atoms with Crippen LogP contribution in [0, 0.1) is 0 Å². The van der Waals surface area contributed by atoms with Gasteiger partial charge in [-0.15, -0.1) is 0 Å². The van der Waals surface area contributed by atoms with Gasteiger partial charge < -0.3 is 15.2 Å². The van der Waals surface area contributed by atoms with Crippen LogP contribution in [0.2, 0.25) is 0 Å². The lowest BCUT2D eigenvalue weighted by Gasteiger charge is -2.14. The van der Waals surface area contributed by atoms with Crippen molar-refractivity contribution in [2.75, 3.05) is 13.7 Å². The SMILES string of the molecule is COc1cc(/C=C2/SC(=O)N(Cc3cccc4ccccc34)C2=O)ccc1OCC(N)=O. The summed E-state index contributed by atoms with van der Waals surface area (Å²) in [7, 11) is 1.47. The fourth-order valence-electron chi connectivity index (χ4n) is 3.43. The van der Waals surface area contributed by atoms with Crippen LogP contribution in [0.3, 0.4) is 0 Å². The van der Waals surface area contributed by atoms with E-state index in [1.807, 2.05) is 42.5 Å². The molecule has 1 fully saturated rings. The predicted octanol–water partition coefficient (Wildman–Crippen LogP) is 3.95. The number of ether oxygens (including phenoxy) is 2. The average molecular weight is 449 g/mol. The zero-order chi connectivity index (χ0) is 22.7. The van der Waals surface area contributed by atoms with E-state index in [0.29, 0.717) is 22.0 Å². The molecular weight excluding hydrogens is 428 g/mol. The highest BCUT2D eigenvalue weighted by molar-refractivity contribution is 8.18. The first-order chi connectivity index (χ1) is 15.5. The molecule has 162 valence electrons. The van der Waals surface area contributed by atoms with Crippen LogP contribution in [0.25, 0.3) is 16.8 Å². The second kappa shape index (κ2) is 9.15. The molecule has 1 heterocycles. The van der Waals surface area contributed by atoms with E-state index in [1.165, 1.54) is 12.0 Å². The van der Waals surface area contributed by atoms with E-state index in [4.69, 9.17) is 15.2 Å². The average Bonchev–Trinajstić information content (AvgIpc) is 3.05. The normalized spacial score (nSPS) is 14.9. The smallest absolute Gasteiger partial charge is 0.293 e. The van der Waals surface area contributed by atoms with Crippen LogP contribution >= 0.6 is 11.8 Å². The van der Waals surface area contributed by atoms with E-state index in [2.05, 4.69) is 0 Å². The Morgan fingerprint density at radius 1 is 1.06 bits per heavy atom. The lowest BCUT2D eigenvalue weighted by molar-refractivity contribution is -0.123. The minimum atomic E-state index is -0.601. The second-order valence-corrected chi connectivity index (χ2v) is 8.06. The standard InChI is InChI=1S/C24H20N2O5S/c1-30-20-11-15(9-10-19(20)31-14-22(25)27)12-21-23(28)26(24(29)32-21)13-17-7-4-6-16-5-2-3-8-18(16)17/h2-12H,13-14H2,1H3,(H2,25,27)/b21-12+. The lowest BCUT2D eigenvalue weighted by Crippen LogP contribution is -2.27. The Morgan fingerprint density at radius 2 is 1.84 bits per heavy atom. The summed E-state index contributed by atoms with van der Waals surface area (Å²) in [5, 5.41) is 1.75. The number of primary amides is 1. The molecule has 7 nitrogen and oxygen atoms in total. The number of fused-ring (bicyclic) bond motifs is 1. The molecule has 3 aromatic carbocycles. The summed E-state index contributed by atoms with van der Waals surface area (Å²) >= 11 is 0.898. The van der Waals surface area contributed by atoms with Crippen LogP contribution in [-0.2, 0) is 16.1 Å². The fourth-order valence-corrected chi connectivity index (χ4v) is 4.27. The van der Waals surface area contributed by atoms with Crippen LogP contribution in [0.5, 0.6) is 11.5 Å². The maximum absolute atomic E-state index is 13.0. The summed E-state index contributed by atoms with van der Waals surface area (Å²) in [6.07, 6.45) is 1.63. The van der Waals surface area contributed by atoms with Crippen molar-refractivity contribution < 1.29 is 23.9 Å². The lowest BCUT2D eigenvalue weighted by atomic mass is 10.0. The molecule has 1 aliphatic heterocycles. The third-order valence-corrected chi connectivity index (χ3v) is 5.84. The first-order valence-corrected chi connectivity index (χ1v) is 10.6. The number of carbonyl (C=O) groups excluding carboxylic acids is 3. The number of thioether (sulfide) groups is 1. The minimum absolute atomic E-state index is 0.201. The summed E-state index contributed by atoms with van der Waals surface area (Å²) in [5.41, 5.74) is 6.67. The van der Waals surface area contributed by atoms with E-state index in [0.717, 1.165) is 28.1 Å². The number of methoxy groups -OCH3 is 1. The van der Waals surface area contributed by atoms with Gasteiger partial charge >= 0.3 is 0 Å². The van der Waals surface area contributed by atoms with Gasteiger partial charge in [-0.1, -0.05) is 48.5 Å². The minimum Gasteiger partial charge on any atom is -0.493 e. The Bertz CT molecular complexity index is 1250. The first kappa shape index (κ1) is 21.5. The first-order valence-electron chi connectivity index (χ1n) is 9.77. The molecule has 0 spiro atoms. The molecular formula is C24H20N2O5S. The third kappa shape index (κ3) is 4.45. The Labute approximate surface area is 188 Å². The van der Waals surface area contributed by atoms with Crippen LogP contribution < -0.4 is 15.2 Å². The van der Waals surface area contributed by atoms with Crippen LogP contribution in [0.4, 0.5) is 4.79 Å². The zero-order valence-electron chi connectivity index (χ0n) is 17.2. The molecule has 8 heteroatoms. The summed E-state index contributed by atoms with van der Waals surface area (Å²) in [4.78, 5) is 38.1. The number of benzene rings is 3. The van der Waals surface area contributed by atoms with Crippen molar-refractivity contribution in [2.24, 2.45) is 5.73 Å². The molecule has 4 rings (SSSR count). The Hall–Kier alpha value is -3.78. The van der Waals surface area contributed by atoms with Crippen molar-refractivity contribution in [3.8, 4) is 11.5 Å². The molecule has 32 heavy (non-hydrogen) atoms. The summed E-state index contributed by atoms with van der Waals surface area (Å²) in [6, 6.07) is 18.7. The van der Waals surface area contributed by atoms with Crippen LogP contribution in [-0.4, -0.2) is 35.7 Å². The van der Waals surface area contributed by atoms with E-state index >= 15 is 0 Å². The van der Waals surface area contributed by atoms with Gasteiger partial charge in [0.05, 0.1) is 18.6 Å². The monoisotopic (exact) mass is 448 g/mol. The molecule has 0 unspecified atom stereocenters. The maximum Gasteiger partial charge on any atom is 0.293 e. The van der Waals surface area contributed by atoms with Crippen LogP contribution in [0.15, 0.2) is 65.6 Å². The van der Waals surface area contributed by atoms with E-state index < -0.39 is 5.91 Å². The summed E-state index contributed by atoms with van der Waals surface area (Å²) in [5.74, 6) is -0.209. The third-order valence-electron chi connectivity index (χ3n) is 4.94. The molecule has 0 bridgehead atoms. The quantitative estimate of drug-likeness (QED) is 0.550. The second-order valence-electron chi connectivity index (χ2n) is 7.07. The van der Waals surface area contributed by atoms with E-state index in [1.54, 1.807) is 24.3 Å². The Balaban J connectivity index is 1.56. The highest BCUT2D eigenvalue weighted by atomic mass is 32.2. The molecule has 0 radical (unpaired) electrons. The van der Waals surface area contributed by atoms with Crippen molar-refractivity contribution in [1.29, 1.82) is 0 Å². The Kier molecular flexibility index (Phi) is 6.13. The van der Waals surface area contributed by atoms with Gasteiger partial charge in [-0.05, 0) is 51.9 Å². The highest BCUT2D eigenvalue weighted by Crippen LogP contribution is 2.36. The predicted molar refractivity (Wildman–Crippen MR) is 123 cm³/mol. The maximum atomic E-state index is 13.0. The fraction of sp³-hybridized carbons (Fsp3) is 0.125. The van der Waals surface area contributed by atoms with Crippen LogP contribution in [0.1, 0.15) is 11.1 Å². The Morgan fingerprint density at radius 3 is 2.62 bits per heavy atom. The topological polar surface area (TPSA) is 98.9 Å². The molecule has 1 aliphatic rings. The van der Waals surface area contributed by atoms with Gasteiger partial charge in [0.2, 0.25) is 0 Å². The molecule has 0 saturated carbocycles. The molecule has 0 aromatic heterocycles. The molecule has 2 N–H and O–H groups in total. The van der Waals surface area contributed by atoms with E-state index in [-0.39, 0.29) is 24.3 Å². The summed E-state index contributed by atoms with van der Waals surface area (Å²) < 4.78 is 10.6. The van der Waals surface area contributed by atoms with Gasteiger partial charge in [0.25, 0.3) is 17.1 Å². The van der Waals surface area contributed by atoms with Gasteiger partial charge in [0, 0.05) is 0 Å². The number of amides is 3. The number of imide groups is 1. The molecule has 1 saturated heterocycles. The van der Waals surface area contributed by atoms with Crippen molar-refractivity contribution in [1.82, 2.24) is 4.90 Å². The summed E-state index contributed by atoms with van der Waals surface area (Å²) in [6.45, 7) is -0.0741.